The normalized spacial score (nSPS) is 17.1. The van der Waals surface area contributed by atoms with E-state index in [-0.39, 0.29) is 55.7 Å². The standard InChI is InChI=1S/C118H148F4N4O2S2Se2/c1-11-21-31-37-39-45-55-87-63-97-113(129-87)105(69-95-107(85(75-123)76-124)91-65-101(119)103(121)67-93(91)111(95)127)131-115(97)83-57-59-89-99(61-83)117(71-79(47-27-17-7)51-41-33-23-13-3,72-80(48-28-18-8)52-42-34-24-14-4)110-90-60-58-84(62-100(90)118(109(89)110,73-81(49-29-19-9)53-43-35-25-15-5)74-82(50-30-20-10)54-44-36-26-16-6)116-98-64-88(56-46-40-38-32-22-12-2)130-114(98)106(132-116)70-96-108(86(77-125)78-126)92-66-102(120)104(122)68-94(92)112(96)128/h57-70,79-82H,11-56,71-74H2,1-10H3/b95-69-,96-70-. The average Bonchev–Trinajstić information content (AvgIpc) is 1.50. The molecule has 0 saturated carbocycles. The van der Waals surface area contributed by atoms with Gasteiger partial charge in [0.1, 0.15) is 0 Å². The molecule has 0 aliphatic heterocycles. The van der Waals surface area contributed by atoms with Crippen LogP contribution in [0.15, 0.2) is 95.1 Å². The molecule has 6 nitrogen and oxygen atoms in total. The number of benzene rings is 4. The zero-order valence-electron chi connectivity index (χ0n) is 81.5. The summed E-state index contributed by atoms with van der Waals surface area (Å²) in [6, 6.07) is 32.8. The zero-order chi connectivity index (χ0) is 93.9. The summed E-state index contributed by atoms with van der Waals surface area (Å²) in [4.78, 5) is 32.9. The molecule has 0 fully saturated rings. The second-order valence-electron chi connectivity index (χ2n) is 39.6. The predicted molar refractivity (Wildman–Crippen MR) is 552 cm³/mol. The number of fused-ring (bicyclic) bond motifs is 8. The molecular weight excluding hydrogens is 1800 g/mol. The molecule has 0 saturated heterocycles. The molecule has 0 amide bonds. The van der Waals surface area contributed by atoms with Gasteiger partial charge in [0.15, 0.2) is 0 Å². The number of rotatable bonds is 58. The van der Waals surface area contributed by atoms with Crippen LogP contribution in [0.3, 0.4) is 0 Å². The number of halogens is 4. The summed E-state index contributed by atoms with van der Waals surface area (Å²) < 4.78 is 68.8. The minimum absolute atomic E-state index is 0.0462. The third-order valence-electron chi connectivity index (χ3n) is 29.8. The van der Waals surface area contributed by atoms with Crippen LogP contribution in [0.4, 0.5) is 17.6 Å². The van der Waals surface area contributed by atoms with Crippen molar-refractivity contribution in [3.63, 3.8) is 0 Å². The molecule has 14 heteroatoms. The van der Waals surface area contributed by atoms with Crippen molar-refractivity contribution in [2.45, 2.75) is 401 Å². The van der Waals surface area contributed by atoms with Crippen molar-refractivity contribution in [3.05, 3.63) is 181 Å². The van der Waals surface area contributed by atoms with Crippen molar-refractivity contribution in [1.82, 2.24) is 0 Å². The number of carbonyl (C=O) groups excluding carboxylic acids is 2. The molecule has 4 unspecified atom stereocenters. The molecule has 0 spiro atoms. The first-order valence-electron chi connectivity index (χ1n) is 52.1. The van der Waals surface area contributed by atoms with Gasteiger partial charge in [0, 0.05) is 0 Å². The van der Waals surface area contributed by atoms with E-state index >= 15 is 27.2 Å². The van der Waals surface area contributed by atoms with E-state index < -0.39 is 74.7 Å². The van der Waals surface area contributed by atoms with Crippen LogP contribution in [0.2, 0.25) is 0 Å². The molecule has 4 aromatic carbocycles. The van der Waals surface area contributed by atoms with Crippen molar-refractivity contribution in [3.8, 4) is 44.3 Å². The summed E-state index contributed by atoms with van der Waals surface area (Å²) >= 11 is 2.76. The van der Waals surface area contributed by atoms with Gasteiger partial charge < -0.3 is 0 Å². The van der Waals surface area contributed by atoms with Crippen LogP contribution in [0.25, 0.3) is 74.6 Å². The van der Waals surface area contributed by atoms with Crippen LogP contribution in [0, 0.1) is 92.3 Å². The second-order valence-corrected chi connectivity index (χ2v) is 46.3. The Morgan fingerprint density at radius 3 is 0.909 bits per heavy atom. The van der Waals surface area contributed by atoms with Gasteiger partial charge in [0.05, 0.1) is 0 Å². The number of Topliss-reactive ketones (excluding diaryl/α,β-unsaturated/α-hetero) is 2. The summed E-state index contributed by atoms with van der Waals surface area (Å²) in [5, 5.41) is 45.2. The average molecular weight is 1950 g/mol. The van der Waals surface area contributed by atoms with Crippen LogP contribution >= 0.6 is 22.7 Å². The van der Waals surface area contributed by atoms with Gasteiger partial charge in [-0.3, -0.25) is 0 Å². The Bertz CT molecular complexity index is 5220. The van der Waals surface area contributed by atoms with Crippen molar-refractivity contribution >= 4 is 118 Å². The molecule has 4 atom stereocenters. The van der Waals surface area contributed by atoms with E-state index in [2.05, 4.69) is 142 Å². The van der Waals surface area contributed by atoms with Gasteiger partial charge in [-0.25, -0.2) is 0 Å². The van der Waals surface area contributed by atoms with Crippen molar-refractivity contribution < 1.29 is 27.2 Å². The van der Waals surface area contributed by atoms with Crippen molar-refractivity contribution in [1.29, 1.82) is 21.0 Å². The molecule has 12 rings (SSSR count). The second kappa shape index (κ2) is 51.1. The van der Waals surface area contributed by atoms with Crippen LogP contribution < -0.4 is 0 Å². The topological polar surface area (TPSA) is 129 Å². The van der Waals surface area contributed by atoms with Crippen LogP contribution in [-0.2, 0) is 23.7 Å². The molecule has 8 aromatic rings. The van der Waals surface area contributed by atoms with Crippen LogP contribution in [0.5, 0.6) is 0 Å². The molecule has 4 aliphatic carbocycles. The molecular formula is C118H148F4N4O2S2Se2. The fourth-order valence-corrected chi connectivity index (χ4v) is 31.2. The number of ketones is 2. The molecule has 4 aliphatic rings. The van der Waals surface area contributed by atoms with Crippen molar-refractivity contribution in [2.24, 2.45) is 23.7 Å². The number of nitriles is 4. The Balaban J connectivity index is 1.20. The van der Waals surface area contributed by atoms with Crippen LogP contribution in [0.1, 0.15) is 450 Å². The van der Waals surface area contributed by atoms with Crippen molar-refractivity contribution in [2.75, 3.05) is 0 Å². The first-order valence-corrected chi connectivity index (χ1v) is 57.2. The molecule has 132 heavy (non-hydrogen) atoms. The van der Waals surface area contributed by atoms with Gasteiger partial charge in [0.25, 0.3) is 0 Å². The summed E-state index contributed by atoms with van der Waals surface area (Å²) in [5.74, 6) is -3.91. The number of nitrogens with zero attached hydrogens (tertiary/aromatic N) is 4. The van der Waals surface area contributed by atoms with Gasteiger partial charge in [-0.15, -0.1) is 0 Å². The van der Waals surface area contributed by atoms with E-state index in [1.807, 2.05) is 12.2 Å². The number of thiophene rings is 2. The fourth-order valence-electron chi connectivity index (χ4n) is 23.0. The van der Waals surface area contributed by atoms with Gasteiger partial charge in [0.2, 0.25) is 0 Å². The number of unbranched alkanes of at least 4 members (excludes halogenated alkanes) is 26. The van der Waals surface area contributed by atoms with E-state index in [0.29, 0.717) is 23.7 Å². The molecule has 4 heterocycles. The number of hydrogen-bond acceptors (Lipinski definition) is 8. The fraction of sp³-hybridized carbons (Fsp3) is 0.559. The van der Waals surface area contributed by atoms with Gasteiger partial charge in [-0.1, -0.05) is 27.7 Å². The third kappa shape index (κ3) is 24.0. The Labute approximate surface area is 810 Å². The number of hydrogen-bond donors (Lipinski definition) is 0. The summed E-state index contributed by atoms with van der Waals surface area (Å²) in [7, 11) is 0. The van der Waals surface area contributed by atoms with Gasteiger partial charge in [-0.05, 0) is 0 Å². The zero-order valence-corrected chi connectivity index (χ0v) is 86.6. The SMILES string of the molecule is CCCCCCCCc1cc2c(-c3ccc4c(c3)C(CC(CCCC)CCCCCC)(CC(CCCC)CCCCCC)C3=C4C(CC(CCCC)CCCCCC)(CC(CCCC)CCCCCC)c4cc(-c5[se]c(/C=C6\C(=O)c7cc(F)c(F)cc7C6=C(C#N)C#N)c6sc(CCCCCCCC)cc56)ccc43)[se]c(/C=C3\C(=O)c4cc(F)c(F)cc4C3=C(C#N)C#N)c2s1. The Morgan fingerprint density at radius 2 is 0.614 bits per heavy atom. The number of allylic oxidation sites excluding steroid dienone is 8. The predicted octanol–water partition coefficient (Wildman–Crippen LogP) is 36.2. The minimum atomic E-state index is -1.15. The summed E-state index contributed by atoms with van der Waals surface area (Å²) in [5.41, 5.74) is 10.4. The maximum atomic E-state index is 15.6. The number of carbonyl (C=O) groups is 2. The van der Waals surface area contributed by atoms with E-state index in [9.17, 15) is 21.0 Å². The quantitative estimate of drug-likeness (QED) is 0.0123. The summed E-state index contributed by atoms with van der Waals surface area (Å²) in [6.45, 7) is 23.4. The van der Waals surface area contributed by atoms with E-state index in [0.717, 1.165) is 184 Å². The third-order valence-corrected chi connectivity index (χ3v) is 37.9. The Kier molecular flexibility index (Phi) is 40.0. The first-order chi connectivity index (χ1) is 64.3. The van der Waals surface area contributed by atoms with E-state index in [1.54, 1.807) is 33.8 Å². The molecule has 4 aromatic heterocycles. The van der Waals surface area contributed by atoms with Gasteiger partial charge in [-0.2, -0.15) is 0 Å². The maximum absolute atomic E-state index is 15.6. The Morgan fingerprint density at radius 1 is 0.341 bits per heavy atom. The monoisotopic (exact) mass is 1950 g/mol. The van der Waals surface area contributed by atoms with Gasteiger partial charge >= 0.3 is 789 Å². The first kappa shape index (κ1) is 103. The number of aryl methyl sites for hydroxylation is 2. The Hall–Kier alpha value is -7.48. The molecule has 704 valence electrons. The molecule has 0 radical (unpaired) electrons. The van der Waals surface area contributed by atoms with E-state index in [1.165, 1.54) is 243 Å². The van der Waals surface area contributed by atoms with Crippen LogP contribution in [-0.4, -0.2) is 40.6 Å². The molecule has 0 bridgehead atoms. The van der Waals surface area contributed by atoms with E-state index in [4.69, 9.17) is 0 Å². The molecule has 0 N–H and O–H groups in total. The summed E-state index contributed by atoms with van der Waals surface area (Å²) in [6.07, 6.45) is 61.3.